The van der Waals surface area contributed by atoms with Crippen LogP contribution in [0.3, 0.4) is 0 Å². The lowest BCUT2D eigenvalue weighted by Crippen LogP contribution is -2.34. The predicted molar refractivity (Wildman–Crippen MR) is 71.8 cm³/mol. The van der Waals surface area contributed by atoms with Crippen LogP contribution in [-0.4, -0.2) is 42.3 Å². The molecule has 2 N–H and O–H groups in total. The Morgan fingerprint density at radius 2 is 2.58 bits per heavy atom. The fourth-order valence-electron chi connectivity index (χ4n) is 2.40. The fourth-order valence-corrected chi connectivity index (χ4v) is 2.40. The van der Waals surface area contributed by atoms with Gasteiger partial charge in [0.25, 0.3) is 0 Å². The number of rotatable bonds is 6. The first-order valence-corrected chi connectivity index (χ1v) is 6.75. The van der Waals surface area contributed by atoms with Gasteiger partial charge in [0.1, 0.15) is 6.04 Å². The Hall–Kier alpha value is -1.40. The molecular weight excluding hydrogens is 244 g/mol. The molecule has 1 aromatic heterocycles. The first-order valence-electron chi connectivity index (χ1n) is 6.75. The summed E-state index contributed by atoms with van der Waals surface area (Å²) in [7, 11) is 1.62. The van der Waals surface area contributed by atoms with E-state index in [1.807, 2.05) is 17.7 Å². The van der Waals surface area contributed by atoms with Gasteiger partial charge < -0.3 is 19.9 Å². The summed E-state index contributed by atoms with van der Waals surface area (Å²) < 4.78 is 6.87. The highest BCUT2D eigenvalue weighted by Crippen LogP contribution is 2.24. The lowest BCUT2D eigenvalue weighted by Gasteiger charge is -2.19. The smallest absolute Gasteiger partial charge is 0.242 e. The van der Waals surface area contributed by atoms with E-state index in [0.717, 1.165) is 18.7 Å². The average Bonchev–Trinajstić information content (AvgIpc) is 3.08. The van der Waals surface area contributed by atoms with Crippen molar-refractivity contribution in [2.24, 2.45) is 0 Å². The molecule has 19 heavy (non-hydrogen) atoms. The average molecular weight is 266 g/mol. The standard InChI is InChI=1S/C13H22N4O2/c1-10(13(18)16-6-7-19-2)17-9-14-8-12(17)11-4-3-5-15-11/h8-11,15H,3-7H2,1-2H3,(H,16,18)/t10?,11-/m0/s1. The van der Waals surface area contributed by atoms with Gasteiger partial charge in [-0.25, -0.2) is 4.98 Å². The summed E-state index contributed by atoms with van der Waals surface area (Å²) in [6.07, 6.45) is 5.85. The molecule has 1 unspecified atom stereocenters. The maximum atomic E-state index is 12.0. The van der Waals surface area contributed by atoms with E-state index >= 15 is 0 Å². The fraction of sp³-hybridized carbons (Fsp3) is 0.692. The van der Waals surface area contributed by atoms with Crippen LogP contribution in [0.1, 0.15) is 37.5 Å². The monoisotopic (exact) mass is 266 g/mol. The molecule has 6 heteroatoms. The Balaban J connectivity index is 2.00. The number of hydrogen-bond donors (Lipinski definition) is 2. The van der Waals surface area contributed by atoms with E-state index in [9.17, 15) is 4.79 Å². The van der Waals surface area contributed by atoms with Crippen molar-refractivity contribution in [2.45, 2.75) is 31.8 Å². The number of aromatic nitrogens is 2. The lowest BCUT2D eigenvalue weighted by molar-refractivity contribution is -0.124. The summed E-state index contributed by atoms with van der Waals surface area (Å²) in [5, 5.41) is 6.29. The van der Waals surface area contributed by atoms with Crippen molar-refractivity contribution < 1.29 is 9.53 Å². The van der Waals surface area contributed by atoms with Crippen LogP contribution in [0.15, 0.2) is 12.5 Å². The third-order valence-corrected chi connectivity index (χ3v) is 3.52. The summed E-state index contributed by atoms with van der Waals surface area (Å²) >= 11 is 0. The van der Waals surface area contributed by atoms with Gasteiger partial charge in [-0.15, -0.1) is 0 Å². The number of ether oxygens (including phenoxy) is 1. The van der Waals surface area contributed by atoms with Gasteiger partial charge in [0.15, 0.2) is 0 Å². The molecule has 1 aliphatic rings. The van der Waals surface area contributed by atoms with Gasteiger partial charge in [-0.1, -0.05) is 0 Å². The summed E-state index contributed by atoms with van der Waals surface area (Å²) in [6, 6.07) is 0.0634. The Labute approximate surface area is 113 Å². The molecule has 2 heterocycles. The zero-order valence-electron chi connectivity index (χ0n) is 11.6. The first-order chi connectivity index (χ1) is 9.24. The number of carbonyl (C=O) groups is 1. The van der Waals surface area contributed by atoms with Crippen LogP contribution >= 0.6 is 0 Å². The number of amides is 1. The molecule has 0 radical (unpaired) electrons. The zero-order chi connectivity index (χ0) is 13.7. The van der Waals surface area contributed by atoms with Gasteiger partial charge in [0.05, 0.1) is 18.6 Å². The van der Waals surface area contributed by atoms with Crippen molar-refractivity contribution in [3.8, 4) is 0 Å². The summed E-state index contributed by atoms with van der Waals surface area (Å²) in [5.74, 6) is -0.00528. The molecule has 1 amide bonds. The largest absolute Gasteiger partial charge is 0.383 e. The van der Waals surface area contributed by atoms with Crippen molar-refractivity contribution >= 4 is 5.91 Å². The normalized spacial score (nSPS) is 20.4. The second-order valence-corrected chi connectivity index (χ2v) is 4.83. The van der Waals surface area contributed by atoms with Crippen LogP contribution in [0.4, 0.5) is 0 Å². The molecule has 0 aliphatic carbocycles. The van der Waals surface area contributed by atoms with E-state index in [-0.39, 0.29) is 11.9 Å². The molecule has 1 aromatic rings. The second-order valence-electron chi connectivity index (χ2n) is 4.83. The highest BCUT2D eigenvalue weighted by atomic mass is 16.5. The molecule has 0 bridgehead atoms. The van der Waals surface area contributed by atoms with Gasteiger partial charge in [0, 0.05) is 25.9 Å². The molecule has 1 fully saturated rings. The van der Waals surface area contributed by atoms with E-state index in [0.29, 0.717) is 19.2 Å². The minimum Gasteiger partial charge on any atom is -0.383 e. The molecule has 0 aromatic carbocycles. The number of imidazole rings is 1. The number of carbonyl (C=O) groups excluding carboxylic acids is 1. The minimum absolute atomic E-state index is 0.00528. The highest BCUT2D eigenvalue weighted by Gasteiger charge is 2.24. The van der Waals surface area contributed by atoms with E-state index < -0.39 is 0 Å². The molecule has 2 atom stereocenters. The molecule has 0 saturated carbocycles. The van der Waals surface area contributed by atoms with Crippen molar-refractivity contribution in [1.82, 2.24) is 20.2 Å². The number of methoxy groups -OCH3 is 1. The second kappa shape index (κ2) is 6.68. The minimum atomic E-state index is -0.253. The number of nitrogens with one attached hydrogen (secondary N) is 2. The zero-order valence-corrected chi connectivity index (χ0v) is 11.6. The first kappa shape index (κ1) is 14.0. The van der Waals surface area contributed by atoms with E-state index in [2.05, 4.69) is 15.6 Å². The summed E-state index contributed by atoms with van der Waals surface area (Å²) in [5.41, 5.74) is 1.09. The van der Waals surface area contributed by atoms with E-state index in [1.54, 1.807) is 13.4 Å². The van der Waals surface area contributed by atoms with Crippen LogP contribution in [-0.2, 0) is 9.53 Å². The molecule has 6 nitrogen and oxygen atoms in total. The predicted octanol–water partition coefficient (Wildman–Crippen LogP) is 0.631. The molecule has 1 saturated heterocycles. The Morgan fingerprint density at radius 1 is 1.74 bits per heavy atom. The molecule has 0 spiro atoms. The van der Waals surface area contributed by atoms with Crippen LogP contribution < -0.4 is 10.6 Å². The van der Waals surface area contributed by atoms with Gasteiger partial charge in [0.2, 0.25) is 5.91 Å². The van der Waals surface area contributed by atoms with Crippen molar-refractivity contribution in [2.75, 3.05) is 26.8 Å². The highest BCUT2D eigenvalue weighted by molar-refractivity contribution is 5.79. The molecular formula is C13H22N4O2. The van der Waals surface area contributed by atoms with E-state index in [1.165, 1.54) is 6.42 Å². The molecule has 1 aliphatic heterocycles. The third-order valence-electron chi connectivity index (χ3n) is 3.52. The Morgan fingerprint density at radius 3 is 3.26 bits per heavy atom. The van der Waals surface area contributed by atoms with Gasteiger partial charge in [-0.05, 0) is 26.3 Å². The van der Waals surface area contributed by atoms with Crippen LogP contribution in [0.25, 0.3) is 0 Å². The van der Waals surface area contributed by atoms with Crippen molar-refractivity contribution in [1.29, 1.82) is 0 Å². The summed E-state index contributed by atoms with van der Waals surface area (Å²) in [6.45, 7) is 3.98. The lowest BCUT2D eigenvalue weighted by atomic mass is 10.1. The number of nitrogens with zero attached hydrogens (tertiary/aromatic N) is 2. The van der Waals surface area contributed by atoms with Gasteiger partial charge >= 0.3 is 0 Å². The molecule has 2 rings (SSSR count). The maximum Gasteiger partial charge on any atom is 0.242 e. The van der Waals surface area contributed by atoms with Crippen molar-refractivity contribution in [3.05, 3.63) is 18.2 Å². The Kier molecular flexibility index (Phi) is 4.93. The van der Waals surface area contributed by atoms with Crippen LogP contribution in [0.2, 0.25) is 0 Å². The summed E-state index contributed by atoms with van der Waals surface area (Å²) in [4.78, 5) is 16.2. The van der Waals surface area contributed by atoms with Gasteiger partial charge in [-0.2, -0.15) is 0 Å². The maximum absolute atomic E-state index is 12.0. The SMILES string of the molecule is COCCNC(=O)C(C)n1cncc1[C@@H]1CCCN1. The van der Waals surface area contributed by atoms with Crippen LogP contribution in [0.5, 0.6) is 0 Å². The van der Waals surface area contributed by atoms with Crippen molar-refractivity contribution in [3.63, 3.8) is 0 Å². The van der Waals surface area contributed by atoms with Crippen LogP contribution in [0, 0.1) is 0 Å². The third kappa shape index (κ3) is 3.33. The molecule has 106 valence electrons. The van der Waals surface area contributed by atoms with Gasteiger partial charge in [-0.3, -0.25) is 4.79 Å². The Bertz CT molecular complexity index is 413. The quantitative estimate of drug-likeness (QED) is 0.741. The van der Waals surface area contributed by atoms with E-state index in [4.69, 9.17) is 4.74 Å². The topological polar surface area (TPSA) is 68.2 Å². The number of hydrogen-bond acceptors (Lipinski definition) is 4.